The maximum Gasteiger partial charge on any atom is 0.326 e. The molecule has 3 atom stereocenters. The second-order valence-corrected chi connectivity index (χ2v) is 5.82. The Morgan fingerprint density at radius 2 is 1.95 bits per heavy atom. The molecule has 0 spiro atoms. The molecule has 7 nitrogen and oxygen atoms in total. The van der Waals surface area contributed by atoms with Gasteiger partial charge in [0.15, 0.2) is 0 Å². The van der Waals surface area contributed by atoms with Gasteiger partial charge in [0.05, 0.1) is 0 Å². The molecule has 0 radical (unpaired) electrons. The van der Waals surface area contributed by atoms with E-state index in [0.29, 0.717) is 5.92 Å². The second-order valence-electron chi connectivity index (χ2n) is 5.82. The van der Waals surface area contributed by atoms with Crippen molar-refractivity contribution in [3.05, 3.63) is 0 Å². The lowest BCUT2D eigenvalue weighted by atomic mass is 10.0. The van der Waals surface area contributed by atoms with Crippen molar-refractivity contribution in [2.24, 2.45) is 11.7 Å². The van der Waals surface area contributed by atoms with Gasteiger partial charge in [0, 0.05) is 12.5 Å². The number of carboxylic acid groups (broad SMARTS) is 1. The lowest BCUT2D eigenvalue weighted by Gasteiger charge is -2.19. The number of aliphatic carboxylic acids is 1. The molecular weight excluding hydrogens is 274 g/mol. The van der Waals surface area contributed by atoms with E-state index in [0.717, 1.165) is 32.1 Å². The van der Waals surface area contributed by atoms with Gasteiger partial charge in [-0.15, -0.1) is 0 Å². The van der Waals surface area contributed by atoms with Crippen LogP contribution in [0.15, 0.2) is 0 Å². The van der Waals surface area contributed by atoms with Gasteiger partial charge in [-0.3, -0.25) is 4.79 Å². The molecule has 0 aromatic heterocycles. The van der Waals surface area contributed by atoms with Gasteiger partial charge in [-0.25, -0.2) is 9.59 Å². The van der Waals surface area contributed by atoms with Crippen LogP contribution in [0.2, 0.25) is 0 Å². The number of carbonyl (C=O) groups is 3. The monoisotopic (exact) mass is 299 g/mol. The molecule has 0 aliphatic heterocycles. The van der Waals surface area contributed by atoms with Crippen molar-refractivity contribution in [2.45, 2.75) is 64.0 Å². The van der Waals surface area contributed by atoms with E-state index in [9.17, 15) is 14.4 Å². The van der Waals surface area contributed by atoms with Crippen molar-refractivity contribution in [3.8, 4) is 0 Å². The molecule has 0 aromatic carbocycles. The summed E-state index contributed by atoms with van der Waals surface area (Å²) in [4.78, 5) is 33.6. The van der Waals surface area contributed by atoms with Crippen LogP contribution in [-0.2, 0) is 9.59 Å². The number of nitrogens with two attached hydrogens (primary N) is 1. The van der Waals surface area contributed by atoms with Gasteiger partial charge in [-0.2, -0.15) is 0 Å². The summed E-state index contributed by atoms with van der Waals surface area (Å²) in [5.74, 6) is -1.08. The van der Waals surface area contributed by atoms with Crippen molar-refractivity contribution in [1.82, 2.24) is 10.6 Å². The van der Waals surface area contributed by atoms with Gasteiger partial charge in [-0.05, 0) is 31.6 Å². The molecule has 1 saturated carbocycles. The third-order valence-electron chi connectivity index (χ3n) is 3.88. The highest BCUT2D eigenvalue weighted by Crippen LogP contribution is 2.22. The molecule has 1 aliphatic rings. The first-order valence-corrected chi connectivity index (χ1v) is 7.46. The van der Waals surface area contributed by atoms with E-state index in [1.165, 1.54) is 0 Å². The molecule has 1 aliphatic carbocycles. The Morgan fingerprint density at radius 1 is 1.24 bits per heavy atom. The summed E-state index contributed by atoms with van der Waals surface area (Å²) in [6, 6.07) is -1.51. The first kappa shape index (κ1) is 17.3. The lowest BCUT2D eigenvalue weighted by molar-refractivity contribution is -0.139. The highest BCUT2D eigenvalue weighted by Gasteiger charge is 2.23. The van der Waals surface area contributed by atoms with Gasteiger partial charge in [0.25, 0.3) is 0 Å². The Labute approximate surface area is 124 Å². The molecular formula is C14H25N3O4. The normalized spacial score (nSPS) is 23.7. The number of urea groups is 1. The minimum absolute atomic E-state index is 0.000211. The van der Waals surface area contributed by atoms with Crippen molar-refractivity contribution in [3.63, 3.8) is 0 Å². The second kappa shape index (κ2) is 8.49. The number of carbonyl (C=O) groups excluding carboxylic acids is 2. The molecule has 7 heteroatoms. The Bertz CT molecular complexity index is 386. The molecule has 21 heavy (non-hydrogen) atoms. The molecule has 120 valence electrons. The molecule has 1 fully saturated rings. The Kier molecular flexibility index (Phi) is 6.98. The molecule has 1 rings (SSSR count). The van der Waals surface area contributed by atoms with Crippen LogP contribution in [0.5, 0.6) is 0 Å². The number of nitrogens with one attached hydrogen (secondary N) is 2. The van der Waals surface area contributed by atoms with E-state index >= 15 is 0 Å². The Balaban J connectivity index is 2.42. The van der Waals surface area contributed by atoms with Crippen molar-refractivity contribution in [2.75, 3.05) is 0 Å². The zero-order chi connectivity index (χ0) is 15.8. The fourth-order valence-corrected chi connectivity index (χ4v) is 2.56. The number of hydrogen-bond acceptors (Lipinski definition) is 3. The topological polar surface area (TPSA) is 122 Å². The van der Waals surface area contributed by atoms with Crippen LogP contribution >= 0.6 is 0 Å². The van der Waals surface area contributed by atoms with E-state index in [1.54, 1.807) is 0 Å². The summed E-state index contributed by atoms with van der Waals surface area (Å²) >= 11 is 0. The number of hydrogen-bond donors (Lipinski definition) is 4. The van der Waals surface area contributed by atoms with E-state index in [4.69, 9.17) is 10.8 Å². The maximum absolute atomic E-state index is 11.9. The molecule has 0 saturated heterocycles. The summed E-state index contributed by atoms with van der Waals surface area (Å²) in [6.07, 6.45) is 5.05. The van der Waals surface area contributed by atoms with E-state index in [1.807, 2.05) is 0 Å². The van der Waals surface area contributed by atoms with Crippen molar-refractivity contribution >= 4 is 17.9 Å². The predicted octanol–water partition coefficient (Wildman–Crippen LogP) is 0.973. The third-order valence-corrected chi connectivity index (χ3v) is 3.88. The highest BCUT2D eigenvalue weighted by atomic mass is 16.4. The van der Waals surface area contributed by atoms with Gasteiger partial charge in [-0.1, -0.05) is 19.8 Å². The molecule has 0 aromatic rings. The average Bonchev–Trinajstić information content (AvgIpc) is 2.59. The Hall–Kier alpha value is -1.79. The standard InChI is InChI=1S/C14H25N3O4/c1-9-3-2-4-10(6-5-9)16-14(21)17-11(13(19)20)7-8-12(15)18/h9-11H,2-8H2,1H3,(H2,15,18)(H,19,20)(H2,16,17,21)/t9?,10?,11-/m1/s1. The highest BCUT2D eigenvalue weighted by molar-refractivity contribution is 5.83. The van der Waals surface area contributed by atoms with Crippen LogP contribution in [0.4, 0.5) is 4.79 Å². The fourth-order valence-electron chi connectivity index (χ4n) is 2.56. The maximum atomic E-state index is 11.9. The molecule has 0 bridgehead atoms. The van der Waals surface area contributed by atoms with Gasteiger partial charge >= 0.3 is 12.0 Å². The smallest absolute Gasteiger partial charge is 0.326 e. The van der Waals surface area contributed by atoms with Gasteiger partial charge in [0.2, 0.25) is 5.91 Å². The van der Waals surface area contributed by atoms with Crippen LogP contribution in [0.3, 0.4) is 0 Å². The largest absolute Gasteiger partial charge is 0.480 e. The van der Waals surface area contributed by atoms with Crippen LogP contribution in [0.25, 0.3) is 0 Å². The molecule has 0 heterocycles. The van der Waals surface area contributed by atoms with Crippen LogP contribution in [-0.4, -0.2) is 35.1 Å². The van der Waals surface area contributed by atoms with Crippen LogP contribution < -0.4 is 16.4 Å². The summed E-state index contributed by atoms with van der Waals surface area (Å²) in [7, 11) is 0. The summed E-state index contributed by atoms with van der Waals surface area (Å²) < 4.78 is 0. The molecule has 3 amide bonds. The zero-order valence-corrected chi connectivity index (χ0v) is 12.4. The first-order chi connectivity index (χ1) is 9.88. The third kappa shape index (κ3) is 6.97. The number of primary amides is 1. The first-order valence-electron chi connectivity index (χ1n) is 7.46. The van der Waals surface area contributed by atoms with Gasteiger partial charge in [0.1, 0.15) is 6.04 Å². The summed E-state index contributed by atoms with van der Waals surface area (Å²) in [5, 5.41) is 14.2. The van der Waals surface area contributed by atoms with E-state index < -0.39 is 23.9 Å². The molecule has 5 N–H and O–H groups in total. The number of amides is 3. The van der Waals surface area contributed by atoms with E-state index in [-0.39, 0.29) is 18.9 Å². The van der Waals surface area contributed by atoms with Crippen LogP contribution in [0.1, 0.15) is 51.9 Å². The fraction of sp³-hybridized carbons (Fsp3) is 0.786. The summed E-state index contributed by atoms with van der Waals surface area (Å²) in [5.41, 5.74) is 4.99. The van der Waals surface area contributed by atoms with Crippen LogP contribution in [0, 0.1) is 5.92 Å². The van der Waals surface area contributed by atoms with Crippen molar-refractivity contribution < 1.29 is 19.5 Å². The minimum Gasteiger partial charge on any atom is -0.480 e. The zero-order valence-electron chi connectivity index (χ0n) is 12.4. The average molecular weight is 299 g/mol. The minimum atomic E-state index is -1.17. The molecule has 2 unspecified atom stereocenters. The predicted molar refractivity (Wildman–Crippen MR) is 77.6 cm³/mol. The quantitative estimate of drug-likeness (QED) is 0.546. The lowest BCUT2D eigenvalue weighted by Crippen LogP contribution is -2.49. The number of rotatable bonds is 6. The Morgan fingerprint density at radius 3 is 2.57 bits per heavy atom. The van der Waals surface area contributed by atoms with E-state index in [2.05, 4.69) is 17.6 Å². The van der Waals surface area contributed by atoms with Gasteiger partial charge < -0.3 is 21.5 Å². The SMILES string of the molecule is CC1CCCC(NC(=O)N[C@H](CCC(N)=O)C(=O)O)CC1. The summed E-state index contributed by atoms with van der Waals surface area (Å²) in [6.45, 7) is 2.20. The van der Waals surface area contributed by atoms with Crippen molar-refractivity contribution in [1.29, 1.82) is 0 Å². The number of carboxylic acids is 1.